The van der Waals surface area contributed by atoms with Crippen LogP contribution >= 0.6 is 0 Å². The topological polar surface area (TPSA) is 50.7 Å². The van der Waals surface area contributed by atoms with Crippen molar-refractivity contribution in [1.29, 1.82) is 0 Å². The quantitative estimate of drug-likeness (QED) is 0.634. The minimum Gasteiger partial charge on any atom is -0.452 e. The molecule has 0 aliphatic carbocycles. The fraction of sp³-hybridized carbons (Fsp3) is 0.0769. The SMILES string of the molecule is COC(=O)N/N=C/c1cccc2ccccc12. The molecule has 1 N–H and O–H groups in total. The van der Waals surface area contributed by atoms with Crippen molar-refractivity contribution in [1.82, 2.24) is 5.43 Å². The van der Waals surface area contributed by atoms with E-state index in [1.165, 1.54) is 7.11 Å². The van der Waals surface area contributed by atoms with Crippen molar-refractivity contribution < 1.29 is 9.53 Å². The third-order valence-electron chi connectivity index (χ3n) is 2.37. The number of amides is 1. The van der Waals surface area contributed by atoms with Gasteiger partial charge < -0.3 is 4.74 Å². The molecular weight excluding hydrogens is 216 g/mol. The predicted molar refractivity (Wildman–Crippen MR) is 67.1 cm³/mol. The van der Waals surface area contributed by atoms with Crippen molar-refractivity contribution in [3.05, 3.63) is 48.0 Å². The van der Waals surface area contributed by atoms with E-state index in [4.69, 9.17) is 0 Å². The van der Waals surface area contributed by atoms with Crippen molar-refractivity contribution in [3.8, 4) is 0 Å². The third-order valence-corrected chi connectivity index (χ3v) is 2.37. The Morgan fingerprint density at radius 1 is 1.24 bits per heavy atom. The van der Waals surface area contributed by atoms with Gasteiger partial charge in [-0.3, -0.25) is 0 Å². The lowest BCUT2D eigenvalue weighted by atomic mass is 10.1. The highest BCUT2D eigenvalue weighted by atomic mass is 16.5. The van der Waals surface area contributed by atoms with Gasteiger partial charge in [-0.05, 0) is 10.8 Å². The number of carbonyl (C=O) groups excluding carboxylic acids is 1. The van der Waals surface area contributed by atoms with Crippen molar-refractivity contribution in [3.63, 3.8) is 0 Å². The molecule has 0 saturated heterocycles. The van der Waals surface area contributed by atoms with E-state index in [1.807, 2.05) is 42.5 Å². The first-order chi connectivity index (χ1) is 8.31. The Balaban J connectivity index is 2.27. The van der Waals surface area contributed by atoms with Gasteiger partial charge in [0.05, 0.1) is 13.3 Å². The molecule has 0 heterocycles. The molecular formula is C13H12N2O2. The molecule has 2 aromatic rings. The Bertz CT molecular complexity index is 559. The largest absolute Gasteiger partial charge is 0.452 e. The Kier molecular flexibility index (Phi) is 3.35. The Labute approximate surface area is 98.9 Å². The van der Waals surface area contributed by atoms with Gasteiger partial charge in [-0.15, -0.1) is 0 Å². The molecule has 1 amide bonds. The van der Waals surface area contributed by atoms with Crippen LogP contribution in [0.3, 0.4) is 0 Å². The molecule has 0 aliphatic heterocycles. The van der Waals surface area contributed by atoms with Crippen LogP contribution in [0.4, 0.5) is 4.79 Å². The first-order valence-electron chi connectivity index (χ1n) is 5.16. The number of nitrogens with one attached hydrogen (secondary N) is 1. The minimum atomic E-state index is -0.582. The standard InChI is InChI=1S/C13H12N2O2/c1-17-13(16)15-14-9-11-7-4-6-10-5-2-3-8-12(10)11/h2-9H,1H3,(H,15,16)/b14-9+. The molecule has 4 nitrogen and oxygen atoms in total. The molecule has 86 valence electrons. The average Bonchev–Trinajstić information content (AvgIpc) is 2.39. The van der Waals surface area contributed by atoms with Crippen LogP contribution < -0.4 is 5.43 Å². The zero-order valence-electron chi connectivity index (χ0n) is 9.38. The van der Waals surface area contributed by atoms with Gasteiger partial charge in [-0.25, -0.2) is 10.2 Å². The zero-order valence-corrected chi connectivity index (χ0v) is 9.38. The van der Waals surface area contributed by atoms with Crippen LogP contribution in [0.5, 0.6) is 0 Å². The van der Waals surface area contributed by atoms with E-state index in [1.54, 1.807) is 6.21 Å². The summed E-state index contributed by atoms with van der Waals surface area (Å²) in [6, 6.07) is 13.9. The van der Waals surface area contributed by atoms with Gasteiger partial charge in [0.15, 0.2) is 0 Å². The summed E-state index contributed by atoms with van der Waals surface area (Å²) in [5, 5.41) is 6.04. The first kappa shape index (κ1) is 11.1. The van der Waals surface area contributed by atoms with E-state index >= 15 is 0 Å². The Morgan fingerprint density at radius 2 is 2.00 bits per heavy atom. The van der Waals surface area contributed by atoms with E-state index in [-0.39, 0.29) is 0 Å². The van der Waals surface area contributed by atoms with Crippen LogP contribution in [0.25, 0.3) is 10.8 Å². The highest BCUT2D eigenvalue weighted by Gasteiger charge is 1.97. The number of ether oxygens (including phenoxy) is 1. The summed E-state index contributed by atoms with van der Waals surface area (Å²) in [4.78, 5) is 10.8. The molecule has 0 spiro atoms. The second-order valence-electron chi connectivity index (χ2n) is 3.43. The minimum absolute atomic E-state index is 0.582. The van der Waals surface area contributed by atoms with Gasteiger partial charge in [0, 0.05) is 5.56 Å². The number of benzene rings is 2. The molecule has 0 radical (unpaired) electrons. The Hall–Kier alpha value is -2.36. The van der Waals surface area contributed by atoms with Gasteiger partial charge in [0.2, 0.25) is 0 Å². The number of carbonyl (C=O) groups is 1. The highest BCUT2D eigenvalue weighted by molar-refractivity contribution is 5.99. The summed E-state index contributed by atoms with van der Waals surface area (Å²) in [5.41, 5.74) is 3.20. The molecule has 0 aliphatic rings. The van der Waals surface area contributed by atoms with E-state index in [2.05, 4.69) is 15.3 Å². The maximum absolute atomic E-state index is 10.8. The molecule has 2 aromatic carbocycles. The molecule has 0 fully saturated rings. The van der Waals surface area contributed by atoms with Crippen LogP contribution in [0.15, 0.2) is 47.6 Å². The second kappa shape index (κ2) is 5.12. The van der Waals surface area contributed by atoms with Crippen LogP contribution in [0.1, 0.15) is 5.56 Å². The van der Waals surface area contributed by atoms with E-state index < -0.39 is 6.09 Å². The van der Waals surface area contributed by atoms with Gasteiger partial charge in [-0.1, -0.05) is 42.5 Å². The summed E-state index contributed by atoms with van der Waals surface area (Å²) in [6.07, 6.45) is 1.01. The molecule has 2 rings (SSSR count). The summed E-state index contributed by atoms with van der Waals surface area (Å²) in [7, 11) is 1.29. The molecule has 17 heavy (non-hydrogen) atoms. The van der Waals surface area contributed by atoms with Crippen LogP contribution in [-0.2, 0) is 4.74 Å². The number of nitrogens with zero attached hydrogens (tertiary/aromatic N) is 1. The summed E-state index contributed by atoms with van der Waals surface area (Å²) in [5.74, 6) is 0. The lowest BCUT2D eigenvalue weighted by Crippen LogP contribution is -2.16. The summed E-state index contributed by atoms with van der Waals surface area (Å²) < 4.78 is 4.41. The lowest BCUT2D eigenvalue weighted by Gasteiger charge is -2.01. The maximum Gasteiger partial charge on any atom is 0.427 e. The normalized spacial score (nSPS) is 10.6. The second-order valence-corrected chi connectivity index (χ2v) is 3.43. The number of hydrogen-bond donors (Lipinski definition) is 1. The molecule has 0 atom stereocenters. The maximum atomic E-state index is 10.8. The van der Waals surface area contributed by atoms with Gasteiger partial charge in [-0.2, -0.15) is 5.10 Å². The molecule has 0 bridgehead atoms. The van der Waals surface area contributed by atoms with Gasteiger partial charge >= 0.3 is 6.09 Å². The van der Waals surface area contributed by atoms with Crippen molar-refractivity contribution in [2.75, 3.05) is 7.11 Å². The Morgan fingerprint density at radius 3 is 2.82 bits per heavy atom. The summed E-state index contributed by atoms with van der Waals surface area (Å²) in [6.45, 7) is 0. The fourth-order valence-electron chi connectivity index (χ4n) is 1.56. The fourth-order valence-corrected chi connectivity index (χ4v) is 1.56. The van der Waals surface area contributed by atoms with E-state index in [0.29, 0.717) is 0 Å². The van der Waals surface area contributed by atoms with Crippen LogP contribution in [0, 0.1) is 0 Å². The number of hydrazone groups is 1. The number of fused-ring (bicyclic) bond motifs is 1. The van der Waals surface area contributed by atoms with Gasteiger partial charge in [0.1, 0.15) is 0 Å². The smallest absolute Gasteiger partial charge is 0.427 e. The lowest BCUT2D eigenvalue weighted by molar-refractivity contribution is 0.171. The van der Waals surface area contributed by atoms with Crippen molar-refractivity contribution >= 4 is 23.1 Å². The molecule has 4 heteroatoms. The third kappa shape index (κ3) is 2.60. The monoisotopic (exact) mass is 228 g/mol. The predicted octanol–water partition coefficient (Wildman–Crippen LogP) is 2.53. The molecule has 0 unspecified atom stereocenters. The van der Waals surface area contributed by atoms with E-state index in [0.717, 1.165) is 16.3 Å². The van der Waals surface area contributed by atoms with Crippen LogP contribution in [0.2, 0.25) is 0 Å². The molecule has 0 aromatic heterocycles. The van der Waals surface area contributed by atoms with Gasteiger partial charge in [0.25, 0.3) is 0 Å². The highest BCUT2D eigenvalue weighted by Crippen LogP contribution is 2.16. The zero-order chi connectivity index (χ0) is 12.1. The van der Waals surface area contributed by atoms with Crippen LogP contribution in [-0.4, -0.2) is 19.4 Å². The first-order valence-corrected chi connectivity index (χ1v) is 5.16. The number of methoxy groups -OCH3 is 1. The molecule has 0 saturated carbocycles. The average molecular weight is 228 g/mol. The van der Waals surface area contributed by atoms with Crippen molar-refractivity contribution in [2.45, 2.75) is 0 Å². The van der Waals surface area contributed by atoms with E-state index in [9.17, 15) is 4.79 Å². The number of hydrogen-bond acceptors (Lipinski definition) is 3. The van der Waals surface area contributed by atoms with Crippen molar-refractivity contribution in [2.24, 2.45) is 5.10 Å². The summed E-state index contributed by atoms with van der Waals surface area (Å²) >= 11 is 0. The number of rotatable bonds is 2.